The summed E-state index contributed by atoms with van der Waals surface area (Å²) in [5.41, 5.74) is 0.947. The minimum atomic E-state index is -4.41. The standard InChI is InChI=1S/C19H15F3N2OS/c1-12(13-5-4-6-14(10-13)19(20,21)22)9-17(25)23-11-18-24-15-7-2-3-8-16(15)26-18/h2-10H,11H2,1H3,(H,23,25). The summed E-state index contributed by atoms with van der Waals surface area (Å²) in [5, 5.41) is 3.48. The van der Waals surface area contributed by atoms with Crippen molar-refractivity contribution in [2.75, 3.05) is 0 Å². The molecule has 0 aliphatic carbocycles. The number of para-hydroxylation sites is 1. The van der Waals surface area contributed by atoms with Crippen LogP contribution in [0.2, 0.25) is 0 Å². The first-order chi connectivity index (χ1) is 12.3. The van der Waals surface area contributed by atoms with Gasteiger partial charge >= 0.3 is 6.18 Å². The zero-order valence-electron chi connectivity index (χ0n) is 13.8. The van der Waals surface area contributed by atoms with E-state index in [9.17, 15) is 18.0 Å². The first-order valence-electron chi connectivity index (χ1n) is 7.81. The molecule has 1 aromatic heterocycles. The first-order valence-corrected chi connectivity index (χ1v) is 8.63. The topological polar surface area (TPSA) is 42.0 Å². The molecule has 1 heterocycles. The minimum Gasteiger partial charge on any atom is -0.346 e. The third-order valence-corrected chi connectivity index (χ3v) is 4.78. The third kappa shape index (κ3) is 4.29. The number of benzene rings is 2. The van der Waals surface area contributed by atoms with Crippen LogP contribution in [0.15, 0.2) is 54.6 Å². The molecule has 26 heavy (non-hydrogen) atoms. The predicted octanol–water partition coefficient (Wildman–Crippen LogP) is 5.03. The largest absolute Gasteiger partial charge is 0.416 e. The second-order valence-electron chi connectivity index (χ2n) is 5.70. The Morgan fingerprint density at radius 2 is 1.96 bits per heavy atom. The fourth-order valence-electron chi connectivity index (χ4n) is 2.43. The molecular weight excluding hydrogens is 361 g/mol. The number of hydrogen-bond donors (Lipinski definition) is 1. The molecule has 0 unspecified atom stereocenters. The molecule has 3 aromatic rings. The van der Waals surface area contributed by atoms with E-state index in [1.807, 2.05) is 24.3 Å². The van der Waals surface area contributed by atoms with Gasteiger partial charge in [-0.1, -0.05) is 24.3 Å². The Hall–Kier alpha value is -2.67. The van der Waals surface area contributed by atoms with Crippen molar-refractivity contribution in [3.8, 4) is 0 Å². The van der Waals surface area contributed by atoms with E-state index in [0.717, 1.165) is 27.4 Å². The SMILES string of the molecule is CC(=CC(=O)NCc1nc2ccccc2s1)c1cccc(C(F)(F)F)c1. The van der Waals surface area contributed by atoms with Gasteiger partial charge in [0.15, 0.2) is 0 Å². The van der Waals surface area contributed by atoms with Crippen LogP contribution in [0.4, 0.5) is 13.2 Å². The molecule has 0 radical (unpaired) electrons. The van der Waals surface area contributed by atoms with E-state index in [2.05, 4.69) is 10.3 Å². The van der Waals surface area contributed by atoms with Crippen LogP contribution in [0, 0.1) is 0 Å². The molecule has 0 bridgehead atoms. The quantitative estimate of drug-likeness (QED) is 0.649. The summed E-state index contributed by atoms with van der Waals surface area (Å²) < 4.78 is 39.4. The van der Waals surface area contributed by atoms with Crippen molar-refractivity contribution in [3.05, 3.63) is 70.7 Å². The van der Waals surface area contributed by atoms with E-state index in [1.165, 1.54) is 23.5 Å². The van der Waals surface area contributed by atoms with E-state index >= 15 is 0 Å². The number of rotatable bonds is 4. The molecule has 0 aliphatic heterocycles. The van der Waals surface area contributed by atoms with Crippen LogP contribution < -0.4 is 5.32 Å². The zero-order chi connectivity index (χ0) is 18.7. The summed E-state index contributed by atoms with van der Waals surface area (Å²) in [6, 6.07) is 12.6. The van der Waals surface area contributed by atoms with E-state index in [1.54, 1.807) is 13.0 Å². The smallest absolute Gasteiger partial charge is 0.346 e. The fraction of sp³-hybridized carbons (Fsp3) is 0.158. The lowest BCUT2D eigenvalue weighted by Gasteiger charge is -2.09. The molecule has 2 aromatic carbocycles. The molecule has 0 spiro atoms. The van der Waals surface area contributed by atoms with E-state index in [4.69, 9.17) is 0 Å². The van der Waals surface area contributed by atoms with Crippen molar-refractivity contribution in [1.82, 2.24) is 10.3 Å². The number of nitrogens with zero attached hydrogens (tertiary/aromatic N) is 1. The van der Waals surface area contributed by atoms with Gasteiger partial charge in [-0.3, -0.25) is 4.79 Å². The summed E-state index contributed by atoms with van der Waals surface area (Å²) in [7, 11) is 0. The highest BCUT2D eigenvalue weighted by atomic mass is 32.1. The number of fused-ring (bicyclic) bond motifs is 1. The van der Waals surface area contributed by atoms with Crippen LogP contribution in [-0.4, -0.2) is 10.9 Å². The van der Waals surface area contributed by atoms with Crippen LogP contribution in [0.25, 0.3) is 15.8 Å². The Balaban J connectivity index is 1.68. The molecule has 0 saturated carbocycles. The summed E-state index contributed by atoms with van der Waals surface area (Å²) in [6.07, 6.45) is -3.12. The molecule has 7 heteroatoms. The third-order valence-electron chi connectivity index (χ3n) is 3.74. The maximum Gasteiger partial charge on any atom is 0.416 e. The molecule has 0 aliphatic rings. The second-order valence-corrected chi connectivity index (χ2v) is 6.81. The second kappa shape index (κ2) is 7.29. The highest BCUT2D eigenvalue weighted by Crippen LogP contribution is 2.30. The normalized spacial score (nSPS) is 12.4. The van der Waals surface area contributed by atoms with Crippen LogP contribution in [0.1, 0.15) is 23.1 Å². The number of halogens is 3. The maximum absolute atomic E-state index is 12.8. The number of aromatic nitrogens is 1. The van der Waals surface area contributed by atoms with Gasteiger partial charge in [0.05, 0.1) is 22.3 Å². The molecule has 0 atom stereocenters. The highest BCUT2D eigenvalue weighted by molar-refractivity contribution is 7.18. The summed E-state index contributed by atoms with van der Waals surface area (Å²) in [5.74, 6) is -0.376. The molecule has 3 rings (SSSR count). The van der Waals surface area contributed by atoms with Crippen LogP contribution >= 0.6 is 11.3 Å². The van der Waals surface area contributed by atoms with Crippen LogP contribution in [-0.2, 0) is 17.5 Å². The van der Waals surface area contributed by atoms with Crippen molar-refractivity contribution < 1.29 is 18.0 Å². The maximum atomic E-state index is 12.8. The van der Waals surface area contributed by atoms with Crippen molar-refractivity contribution in [2.24, 2.45) is 0 Å². The lowest BCUT2D eigenvalue weighted by atomic mass is 10.0. The van der Waals surface area contributed by atoms with E-state index in [0.29, 0.717) is 11.1 Å². The van der Waals surface area contributed by atoms with Crippen molar-refractivity contribution >= 4 is 33.0 Å². The number of nitrogens with one attached hydrogen (secondary N) is 1. The molecule has 134 valence electrons. The number of carbonyl (C=O) groups is 1. The number of alkyl halides is 3. The van der Waals surface area contributed by atoms with E-state index in [-0.39, 0.29) is 12.5 Å². The Morgan fingerprint density at radius 1 is 1.19 bits per heavy atom. The van der Waals surface area contributed by atoms with Crippen molar-refractivity contribution in [3.63, 3.8) is 0 Å². The summed E-state index contributed by atoms with van der Waals surface area (Å²) in [6.45, 7) is 1.87. The van der Waals surface area contributed by atoms with Crippen molar-refractivity contribution in [2.45, 2.75) is 19.6 Å². The summed E-state index contributed by atoms with van der Waals surface area (Å²) >= 11 is 1.49. The van der Waals surface area contributed by atoms with Crippen molar-refractivity contribution in [1.29, 1.82) is 0 Å². The van der Waals surface area contributed by atoms with Gasteiger partial charge in [0.25, 0.3) is 0 Å². The van der Waals surface area contributed by atoms with Gasteiger partial charge in [0.1, 0.15) is 5.01 Å². The molecule has 0 saturated heterocycles. The first kappa shape index (κ1) is 18.1. The average molecular weight is 376 g/mol. The Morgan fingerprint density at radius 3 is 2.69 bits per heavy atom. The van der Waals surface area contributed by atoms with Gasteiger partial charge in [0.2, 0.25) is 5.91 Å². The lowest BCUT2D eigenvalue weighted by molar-refractivity contribution is -0.137. The van der Waals surface area contributed by atoms with Gasteiger partial charge in [0, 0.05) is 6.08 Å². The number of allylic oxidation sites excluding steroid dienone is 1. The predicted molar refractivity (Wildman–Crippen MR) is 96.6 cm³/mol. The number of thiazole rings is 1. The molecule has 0 fully saturated rings. The zero-order valence-corrected chi connectivity index (χ0v) is 14.6. The number of amides is 1. The van der Waals surface area contributed by atoms with Crippen LogP contribution in [0.3, 0.4) is 0 Å². The monoisotopic (exact) mass is 376 g/mol. The molecule has 1 N–H and O–H groups in total. The van der Waals surface area contributed by atoms with Crippen LogP contribution in [0.5, 0.6) is 0 Å². The average Bonchev–Trinajstić information content (AvgIpc) is 3.02. The molecule has 3 nitrogen and oxygen atoms in total. The Labute approximate surface area is 152 Å². The summed E-state index contributed by atoms with van der Waals surface area (Å²) in [4.78, 5) is 16.5. The Bertz CT molecular complexity index is 943. The number of carbonyl (C=O) groups excluding carboxylic acids is 1. The molecule has 1 amide bonds. The van der Waals surface area contributed by atoms with Gasteiger partial charge in [-0.25, -0.2) is 4.98 Å². The molecular formula is C19H15F3N2OS. The van der Waals surface area contributed by atoms with E-state index < -0.39 is 11.7 Å². The fourth-order valence-corrected chi connectivity index (χ4v) is 3.34. The van der Waals surface area contributed by atoms with Gasteiger partial charge in [-0.2, -0.15) is 13.2 Å². The minimum absolute atomic E-state index is 0.268. The Kier molecular flexibility index (Phi) is 5.08. The van der Waals surface area contributed by atoms with Gasteiger partial charge in [-0.05, 0) is 42.3 Å². The van der Waals surface area contributed by atoms with Gasteiger partial charge in [-0.15, -0.1) is 11.3 Å². The van der Waals surface area contributed by atoms with Gasteiger partial charge < -0.3 is 5.32 Å². The lowest BCUT2D eigenvalue weighted by Crippen LogP contribution is -2.20. The highest BCUT2D eigenvalue weighted by Gasteiger charge is 2.30. The number of hydrogen-bond acceptors (Lipinski definition) is 3.